The molecule has 2 aromatic carbocycles. The van der Waals surface area contributed by atoms with Gasteiger partial charge in [-0.25, -0.2) is 4.79 Å². The van der Waals surface area contributed by atoms with E-state index in [0.29, 0.717) is 11.4 Å². The summed E-state index contributed by atoms with van der Waals surface area (Å²) < 4.78 is 37.0. The zero-order valence-electron chi connectivity index (χ0n) is 20.1. The molecule has 0 aliphatic carbocycles. The summed E-state index contributed by atoms with van der Waals surface area (Å²) in [7, 11) is 1.55. The van der Waals surface area contributed by atoms with E-state index in [1.807, 2.05) is 49.4 Å². The van der Waals surface area contributed by atoms with E-state index >= 15 is 0 Å². The number of halogens is 3. The van der Waals surface area contributed by atoms with Crippen molar-refractivity contribution >= 4 is 23.5 Å². The number of nitrogens with one attached hydrogen (secondary N) is 2. The minimum atomic E-state index is -5.08. The second-order valence-electron chi connectivity index (χ2n) is 7.84. The number of carbonyl (C=O) groups is 3. The van der Waals surface area contributed by atoms with E-state index in [1.165, 1.54) is 6.08 Å². The molecule has 5 N–H and O–H groups in total. The Hall–Kier alpha value is -3.86. The molecule has 2 aromatic rings. The molecule has 0 spiro atoms. The van der Waals surface area contributed by atoms with Gasteiger partial charge < -0.3 is 26.2 Å². The quantitative estimate of drug-likeness (QED) is 0.383. The first kappa shape index (κ1) is 30.2. The fraction of sp³-hybridized carbons (Fsp3) is 0.320. The molecule has 0 aliphatic rings. The molecule has 0 bridgehead atoms. The minimum absolute atomic E-state index is 0.0652. The number of para-hydroxylation sites is 2. The molecule has 0 aromatic heterocycles. The van der Waals surface area contributed by atoms with Gasteiger partial charge in [-0.15, -0.1) is 0 Å². The van der Waals surface area contributed by atoms with Crippen LogP contribution in [0, 0.1) is 5.92 Å². The number of nitrogens with two attached hydrogens (primary N) is 1. The number of methoxy groups -OCH3 is 1. The van der Waals surface area contributed by atoms with Gasteiger partial charge in [0.1, 0.15) is 5.75 Å². The minimum Gasteiger partial charge on any atom is -0.495 e. The van der Waals surface area contributed by atoms with Crippen LogP contribution in [-0.2, 0) is 20.8 Å². The van der Waals surface area contributed by atoms with Gasteiger partial charge in [0.2, 0.25) is 11.8 Å². The third kappa shape index (κ3) is 11.0. The SMILES string of the molecule is COc1ccccc1NC(=O)/C=C/[C@@H](NC(=O)[C@H](C)N)C(C)Cc1ccccc1.O=C(O)C(F)(F)F. The van der Waals surface area contributed by atoms with Crippen LogP contribution in [0.15, 0.2) is 66.7 Å². The summed E-state index contributed by atoms with van der Waals surface area (Å²) in [5.74, 6) is -2.68. The van der Waals surface area contributed by atoms with Crippen LogP contribution in [0.3, 0.4) is 0 Å². The Morgan fingerprint density at radius 2 is 1.61 bits per heavy atom. The van der Waals surface area contributed by atoms with Gasteiger partial charge in [-0.1, -0.05) is 55.5 Å². The van der Waals surface area contributed by atoms with Crippen LogP contribution in [0.25, 0.3) is 0 Å². The van der Waals surface area contributed by atoms with Gasteiger partial charge in [0.05, 0.1) is 24.9 Å². The first-order valence-electron chi connectivity index (χ1n) is 10.9. The summed E-state index contributed by atoms with van der Waals surface area (Å²) in [5.41, 5.74) is 7.44. The zero-order chi connectivity index (χ0) is 27.3. The summed E-state index contributed by atoms with van der Waals surface area (Å²) in [6.07, 6.45) is -1.19. The second kappa shape index (κ2) is 14.5. The molecule has 0 aliphatic heterocycles. The summed E-state index contributed by atoms with van der Waals surface area (Å²) >= 11 is 0. The number of alkyl halides is 3. The van der Waals surface area contributed by atoms with Crippen molar-refractivity contribution in [3.63, 3.8) is 0 Å². The number of anilines is 1. The monoisotopic (exact) mass is 509 g/mol. The molecule has 3 atom stereocenters. The van der Waals surface area contributed by atoms with Gasteiger partial charge in [0.15, 0.2) is 0 Å². The first-order chi connectivity index (χ1) is 16.8. The number of carbonyl (C=O) groups excluding carboxylic acids is 2. The van der Waals surface area contributed by atoms with Crippen molar-refractivity contribution in [2.45, 2.75) is 38.5 Å². The van der Waals surface area contributed by atoms with Gasteiger partial charge in [-0.2, -0.15) is 13.2 Å². The first-order valence-corrected chi connectivity index (χ1v) is 10.9. The predicted octanol–water partition coefficient (Wildman–Crippen LogP) is 3.53. The maximum atomic E-state index is 12.4. The van der Waals surface area contributed by atoms with Gasteiger partial charge in [0.25, 0.3) is 0 Å². The van der Waals surface area contributed by atoms with E-state index in [-0.39, 0.29) is 23.8 Å². The van der Waals surface area contributed by atoms with Crippen LogP contribution >= 0.6 is 0 Å². The zero-order valence-corrected chi connectivity index (χ0v) is 20.1. The van der Waals surface area contributed by atoms with Crippen molar-refractivity contribution in [2.24, 2.45) is 11.7 Å². The Labute approximate surface area is 207 Å². The van der Waals surface area contributed by atoms with Crippen LogP contribution in [0.1, 0.15) is 19.4 Å². The Morgan fingerprint density at radius 3 is 2.14 bits per heavy atom. The van der Waals surface area contributed by atoms with Crippen molar-refractivity contribution in [1.29, 1.82) is 0 Å². The number of carboxylic acid groups (broad SMARTS) is 1. The van der Waals surface area contributed by atoms with Gasteiger partial charge in [-0.05, 0) is 37.0 Å². The number of amides is 2. The molecule has 0 heterocycles. The molecule has 2 amide bonds. The fourth-order valence-electron chi connectivity index (χ4n) is 2.90. The third-order valence-corrected chi connectivity index (χ3v) is 4.80. The van der Waals surface area contributed by atoms with Gasteiger partial charge >= 0.3 is 12.1 Å². The molecule has 196 valence electrons. The third-order valence-electron chi connectivity index (χ3n) is 4.80. The Morgan fingerprint density at radius 1 is 1.06 bits per heavy atom. The molecular formula is C25H30F3N3O5. The van der Waals surface area contributed by atoms with Crippen LogP contribution < -0.4 is 21.1 Å². The van der Waals surface area contributed by atoms with Crippen LogP contribution in [-0.4, -0.2) is 48.3 Å². The molecular weight excluding hydrogens is 479 g/mol. The van der Waals surface area contributed by atoms with E-state index in [1.54, 1.807) is 32.2 Å². The van der Waals surface area contributed by atoms with Crippen LogP contribution in [0.2, 0.25) is 0 Å². The molecule has 1 unspecified atom stereocenters. The molecule has 0 saturated carbocycles. The lowest BCUT2D eigenvalue weighted by Crippen LogP contribution is -2.46. The number of ether oxygens (including phenoxy) is 1. The number of benzene rings is 2. The lowest BCUT2D eigenvalue weighted by atomic mass is 9.93. The maximum absolute atomic E-state index is 12.4. The number of hydrogen-bond donors (Lipinski definition) is 4. The van der Waals surface area contributed by atoms with E-state index in [4.69, 9.17) is 20.4 Å². The molecule has 0 radical (unpaired) electrons. The van der Waals surface area contributed by atoms with Crippen molar-refractivity contribution < 1.29 is 37.4 Å². The van der Waals surface area contributed by atoms with E-state index in [9.17, 15) is 22.8 Å². The summed E-state index contributed by atoms with van der Waals surface area (Å²) in [6, 6.07) is 16.2. The van der Waals surface area contributed by atoms with Gasteiger partial charge in [0, 0.05) is 6.08 Å². The summed E-state index contributed by atoms with van der Waals surface area (Å²) in [4.78, 5) is 33.4. The van der Waals surface area contributed by atoms with Crippen molar-refractivity contribution in [3.05, 3.63) is 72.3 Å². The number of aliphatic carboxylic acids is 1. The molecule has 36 heavy (non-hydrogen) atoms. The summed E-state index contributed by atoms with van der Waals surface area (Å²) in [5, 5.41) is 12.8. The molecule has 2 rings (SSSR count). The molecule has 8 nitrogen and oxygen atoms in total. The maximum Gasteiger partial charge on any atom is 0.490 e. The van der Waals surface area contributed by atoms with Crippen LogP contribution in [0.5, 0.6) is 5.75 Å². The average Bonchev–Trinajstić information content (AvgIpc) is 2.82. The Balaban J connectivity index is 0.000000809. The Kier molecular flexibility index (Phi) is 12.2. The molecule has 0 fully saturated rings. The normalized spacial score (nSPS) is 13.5. The average molecular weight is 510 g/mol. The predicted molar refractivity (Wildman–Crippen MR) is 129 cm³/mol. The van der Waals surface area contributed by atoms with Crippen molar-refractivity contribution in [1.82, 2.24) is 5.32 Å². The van der Waals surface area contributed by atoms with Crippen LogP contribution in [0.4, 0.5) is 18.9 Å². The molecule has 11 heteroatoms. The Bertz CT molecular complexity index is 1030. The van der Waals surface area contributed by atoms with Crippen molar-refractivity contribution in [2.75, 3.05) is 12.4 Å². The largest absolute Gasteiger partial charge is 0.495 e. The highest BCUT2D eigenvalue weighted by molar-refractivity contribution is 6.00. The highest BCUT2D eigenvalue weighted by Crippen LogP contribution is 2.23. The lowest BCUT2D eigenvalue weighted by molar-refractivity contribution is -0.192. The highest BCUT2D eigenvalue weighted by Gasteiger charge is 2.38. The van der Waals surface area contributed by atoms with Gasteiger partial charge in [-0.3, -0.25) is 9.59 Å². The number of carboxylic acids is 1. The fourth-order valence-corrected chi connectivity index (χ4v) is 2.90. The van der Waals surface area contributed by atoms with Crippen molar-refractivity contribution in [3.8, 4) is 5.75 Å². The molecule has 0 saturated heterocycles. The highest BCUT2D eigenvalue weighted by atomic mass is 19.4. The van der Waals surface area contributed by atoms with E-state index in [0.717, 1.165) is 12.0 Å². The van der Waals surface area contributed by atoms with E-state index < -0.39 is 18.2 Å². The standard InChI is InChI=1S/C23H29N3O3.C2HF3O2/c1-16(15-18-9-5-4-6-10-18)19(26-23(28)17(2)24)13-14-22(27)25-20-11-7-8-12-21(20)29-3;3-2(4,5)1(6)7/h4-14,16-17,19H,15,24H2,1-3H3,(H,25,27)(H,26,28);(H,6,7)/b14-13+;/t16?,17-,19+;/m0./s1. The lowest BCUT2D eigenvalue weighted by Gasteiger charge is -2.23. The number of hydrogen-bond acceptors (Lipinski definition) is 5. The number of rotatable bonds is 9. The topological polar surface area (TPSA) is 131 Å². The second-order valence-corrected chi connectivity index (χ2v) is 7.84. The summed E-state index contributed by atoms with van der Waals surface area (Å²) in [6.45, 7) is 3.66. The smallest absolute Gasteiger partial charge is 0.490 e. The van der Waals surface area contributed by atoms with E-state index in [2.05, 4.69) is 10.6 Å².